The Balaban J connectivity index is 1.41. The van der Waals surface area contributed by atoms with E-state index in [1.54, 1.807) is 24.3 Å². The number of nitrogens with zero attached hydrogens (tertiary/aromatic N) is 1. The van der Waals surface area contributed by atoms with E-state index in [2.05, 4.69) is 10.3 Å². The summed E-state index contributed by atoms with van der Waals surface area (Å²) in [7, 11) is 0. The van der Waals surface area contributed by atoms with Crippen LogP contribution in [0.15, 0.2) is 77.2 Å². The number of hydrogen-bond donors (Lipinski definition) is 1. The summed E-state index contributed by atoms with van der Waals surface area (Å²) in [5.74, 6) is -0.658. The van der Waals surface area contributed by atoms with Crippen molar-refractivity contribution in [2.24, 2.45) is 0 Å². The molecule has 0 saturated carbocycles. The third-order valence-corrected chi connectivity index (χ3v) is 4.62. The number of esters is 1. The molecular weight excluding hydrogens is 380 g/mol. The van der Waals surface area contributed by atoms with Crippen LogP contribution in [0, 0.1) is 6.92 Å². The van der Waals surface area contributed by atoms with Gasteiger partial charge in [-0.1, -0.05) is 54.1 Å². The van der Waals surface area contributed by atoms with Crippen molar-refractivity contribution in [3.63, 3.8) is 0 Å². The summed E-state index contributed by atoms with van der Waals surface area (Å²) in [4.78, 5) is 29.1. The summed E-state index contributed by atoms with van der Waals surface area (Å²) < 4.78 is 11.0. The summed E-state index contributed by atoms with van der Waals surface area (Å²) in [6.45, 7) is 2.00. The zero-order valence-corrected chi connectivity index (χ0v) is 16.4. The fraction of sp³-hybridized carbons (Fsp3) is 0.125. The highest BCUT2D eigenvalue weighted by Crippen LogP contribution is 2.27. The maximum Gasteiger partial charge on any atom is 0.339 e. The molecular formula is C24H20N2O4. The second-order valence-electron chi connectivity index (χ2n) is 6.87. The normalized spacial score (nSPS) is 10.7. The predicted molar refractivity (Wildman–Crippen MR) is 113 cm³/mol. The van der Waals surface area contributed by atoms with Crippen LogP contribution in [0.5, 0.6) is 0 Å². The first kappa shape index (κ1) is 19.4. The van der Waals surface area contributed by atoms with Crippen molar-refractivity contribution in [2.75, 3.05) is 6.61 Å². The summed E-state index contributed by atoms with van der Waals surface area (Å²) in [6, 6.07) is 22.1. The molecule has 0 radical (unpaired) electrons. The second-order valence-corrected chi connectivity index (χ2v) is 6.87. The molecule has 0 fully saturated rings. The molecule has 6 heteroatoms. The van der Waals surface area contributed by atoms with Gasteiger partial charge >= 0.3 is 5.97 Å². The monoisotopic (exact) mass is 400 g/mol. The lowest BCUT2D eigenvalue weighted by molar-refractivity contribution is -0.124. The average Bonchev–Trinajstić information content (AvgIpc) is 3.21. The topological polar surface area (TPSA) is 81.4 Å². The van der Waals surface area contributed by atoms with Gasteiger partial charge in [-0.2, -0.15) is 0 Å². The number of fused-ring (bicyclic) bond motifs is 1. The van der Waals surface area contributed by atoms with E-state index < -0.39 is 5.97 Å². The van der Waals surface area contributed by atoms with Crippen molar-refractivity contribution in [3.05, 3.63) is 89.5 Å². The number of aryl methyl sites for hydroxylation is 1. The molecule has 0 unspecified atom stereocenters. The van der Waals surface area contributed by atoms with E-state index in [-0.39, 0.29) is 18.1 Å². The summed E-state index contributed by atoms with van der Waals surface area (Å²) in [6.07, 6.45) is 0. The molecule has 1 heterocycles. The molecule has 0 saturated heterocycles. The molecule has 1 amide bonds. The molecule has 0 bridgehead atoms. The molecule has 4 aromatic rings. The number of para-hydroxylation sites is 2. The Morgan fingerprint density at radius 3 is 2.50 bits per heavy atom. The lowest BCUT2D eigenvalue weighted by atomic mass is 10.1. The molecule has 1 N–H and O–H groups in total. The van der Waals surface area contributed by atoms with Crippen molar-refractivity contribution >= 4 is 23.0 Å². The van der Waals surface area contributed by atoms with Crippen LogP contribution in [0.1, 0.15) is 21.5 Å². The highest BCUT2D eigenvalue weighted by molar-refractivity contribution is 5.97. The standard InChI is InChI=1S/C24H20N2O4/c1-16-10-12-17(13-11-16)14-25-22(27)15-29-24(28)19-7-3-2-6-18(19)23-26-20-8-4-5-9-21(20)30-23/h2-13H,14-15H2,1H3,(H,25,27). The zero-order chi connectivity index (χ0) is 20.9. The van der Waals surface area contributed by atoms with E-state index in [1.165, 1.54) is 0 Å². The number of benzene rings is 3. The molecule has 0 spiro atoms. The Bertz CT molecular complexity index is 1160. The van der Waals surface area contributed by atoms with Crippen molar-refractivity contribution in [1.82, 2.24) is 10.3 Å². The third-order valence-electron chi connectivity index (χ3n) is 4.62. The Hall–Kier alpha value is -3.93. The number of nitrogens with one attached hydrogen (secondary N) is 1. The molecule has 30 heavy (non-hydrogen) atoms. The molecule has 1 aromatic heterocycles. The fourth-order valence-electron chi connectivity index (χ4n) is 3.00. The van der Waals surface area contributed by atoms with Crippen LogP contribution in [0.4, 0.5) is 0 Å². The first-order valence-corrected chi connectivity index (χ1v) is 9.54. The van der Waals surface area contributed by atoms with Gasteiger partial charge in [0.1, 0.15) is 5.52 Å². The molecule has 0 aliphatic rings. The Morgan fingerprint density at radius 1 is 0.967 bits per heavy atom. The summed E-state index contributed by atoms with van der Waals surface area (Å²) >= 11 is 0. The van der Waals surface area contributed by atoms with Crippen molar-refractivity contribution in [3.8, 4) is 11.5 Å². The van der Waals surface area contributed by atoms with Crippen molar-refractivity contribution < 1.29 is 18.7 Å². The number of ether oxygens (including phenoxy) is 1. The minimum absolute atomic E-state index is 0.287. The van der Waals surface area contributed by atoms with Crippen LogP contribution in [0.2, 0.25) is 0 Å². The largest absolute Gasteiger partial charge is 0.452 e. The number of oxazole rings is 1. The molecule has 4 rings (SSSR count). The highest BCUT2D eigenvalue weighted by Gasteiger charge is 2.18. The predicted octanol–water partition coefficient (Wildman–Crippen LogP) is 4.28. The number of rotatable bonds is 6. The van der Waals surface area contributed by atoms with Crippen LogP contribution < -0.4 is 5.32 Å². The molecule has 0 atom stereocenters. The van der Waals surface area contributed by atoms with E-state index in [9.17, 15) is 9.59 Å². The zero-order valence-electron chi connectivity index (χ0n) is 16.4. The number of hydrogen-bond acceptors (Lipinski definition) is 5. The summed E-state index contributed by atoms with van der Waals surface area (Å²) in [5.41, 5.74) is 4.25. The first-order valence-electron chi connectivity index (χ1n) is 9.54. The number of carbonyl (C=O) groups is 2. The maximum atomic E-state index is 12.6. The van der Waals surface area contributed by atoms with E-state index in [4.69, 9.17) is 9.15 Å². The van der Waals surface area contributed by atoms with Crippen LogP contribution in [0.3, 0.4) is 0 Å². The van der Waals surface area contributed by atoms with Gasteiger partial charge in [-0.3, -0.25) is 4.79 Å². The second kappa shape index (κ2) is 8.61. The molecule has 3 aromatic carbocycles. The van der Waals surface area contributed by atoms with Gasteiger partial charge in [-0.15, -0.1) is 0 Å². The fourth-order valence-corrected chi connectivity index (χ4v) is 3.00. The van der Waals surface area contributed by atoms with Gasteiger partial charge in [0.2, 0.25) is 5.89 Å². The minimum atomic E-state index is -0.613. The van der Waals surface area contributed by atoms with Crippen LogP contribution in [-0.4, -0.2) is 23.5 Å². The van der Waals surface area contributed by atoms with Gasteiger partial charge < -0.3 is 14.5 Å². The van der Waals surface area contributed by atoms with Gasteiger partial charge in [0.05, 0.1) is 11.1 Å². The van der Waals surface area contributed by atoms with Gasteiger partial charge in [-0.05, 0) is 36.8 Å². The lowest BCUT2D eigenvalue weighted by Gasteiger charge is -2.09. The minimum Gasteiger partial charge on any atom is -0.452 e. The van der Waals surface area contributed by atoms with E-state index in [0.717, 1.165) is 11.1 Å². The van der Waals surface area contributed by atoms with E-state index in [1.807, 2.05) is 55.5 Å². The van der Waals surface area contributed by atoms with Gasteiger partial charge in [0.15, 0.2) is 12.2 Å². The maximum absolute atomic E-state index is 12.6. The van der Waals surface area contributed by atoms with E-state index in [0.29, 0.717) is 29.1 Å². The van der Waals surface area contributed by atoms with Gasteiger partial charge in [0, 0.05) is 6.54 Å². The Morgan fingerprint density at radius 2 is 1.70 bits per heavy atom. The molecule has 0 aliphatic carbocycles. The molecule has 6 nitrogen and oxygen atoms in total. The SMILES string of the molecule is Cc1ccc(CNC(=O)COC(=O)c2ccccc2-c2nc3ccccc3o2)cc1. The van der Waals surface area contributed by atoms with Gasteiger partial charge in [-0.25, -0.2) is 9.78 Å². The first-order chi connectivity index (χ1) is 14.6. The highest BCUT2D eigenvalue weighted by atomic mass is 16.5. The Labute approximate surface area is 173 Å². The number of amides is 1. The van der Waals surface area contributed by atoms with Crippen molar-refractivity contribution in [1.29, 1.82) is 0 Å². The van der Waals surface area contributed by atoms with Crippen LogP contribution >= 0.6 is 0 Å². The quantitative estimate of drug-likeness (QED) is 0.489. The smallest absolute Gasteiger partial charge is 0.339 e. The number of carbonyl (C=O) groups excluding carboxylic acids is 2. The van der Waals surface area contributed by atoms with Crippen molar-refractivity contribution in [2.45, 2.75) is 13.5 Å². The van der Waals surface area contributed by atoms with Gasteiger partial charge in [0.25, 0.3) is 5.91 Å². The van der Waals surface area contributed by atoms with E-state index >= 15 is 0 Å². The average molecular weight is 400 g/mol. The molecule has 0 aliphatic heterocycles. The summed E-state index contributed by atoms with van der Waals surface area (Å²) in [5, 5.41) is 2.74. The van der Waals surface area contributed by atoms with Crippen LogP contribution in [-0.2, 0) is 16.1 Å². The third kappa shape index (κ3) is 4.38. The lowest BCUT2D eigenvalue weighted by Crippen LogP contribution is -2.28. The number of aromatic nitrogens is 1. The van der Waals surface area contributed by atoms with Crippen LogP contribution in [0.25, 0.3) is 22.6 Å². The molecule has 150 valence electrons. The Kier molecular flexibility index (Phi) is 5.57.